The van der Waals surface area contributed by atoms with E-state index in [-0.39, 0.29) is 17.4 Å². The molecule has 0 aliphatic carbocycles. The van der Waals surface area contributed by atoms with E-state index in [1.807, 2.05) is 67.7 Å². The standard InChI is InChI=1S/C33H29ClF3N3O/c1-22-9-11-23(12-10-22)20-40-21-28(26-7-2-3-8-31(26)40)27(24-13-14-30(34)29(18-24)33(35,36)37)19-32(41)39-17-15-25-6-4-5-16-38-25/h2-14,16,18,21,27H,15,17,19-20H2,1H3,(H,39,41). The number of carbonyl (C=O) groups excluding carboxylic acids is 1. The molecule has 0 fully saturated rings. The molecule has 0 aliphatic rings. The van der Waals surface area contributed by atoms with Crippen LogP contribution in [-0.4, -0.2) is 22.0 Å². The molecule has 210 valence electrons. The fraction of sp³-hybridized carbons (Fsp3) is 0.212. The molecule has 8 heteroatoms. The van der Waals surface area contributed by atoms with Crippen LogP contribution in [0.1, 0.15) is 45.8 Å². The predicted molar refractivity (Wildman–Crippen MR) is 156 cm³/mol. The van der Waals surface area contributed by atoms with E-state index in [0.29, 0.717) is 25.1 Å². The lowest BCUT2D eigenvalue weighted by Crippen LogP contribution is -2.27. The Kier molecular flexibility index (Phi) is 8.45. The van der Waals surface area contributed by atoms with Crippen LogP contribution in [0.3, 0.4) is 0 Å². The fourth-order valence-corrected chi connectivity index (χ4v) is 5.32. The molecule has 1 amide bonds. The summed E-state index contributed by atoms with van der Waals surface area (Å²) >= 11 is 5.96. The quantitative estimate of drug-likeness (QED) is 0.194. The molecule has 0 bridgehead atoms. The average Bonchev–Trinajstić information content (AvgIpc) is 3.31. The zero-order valence-corrected chi connectivity index (χ0v) is 23.2. The third kappa shape index (κ3) is 6.80. The molecular weight excluding hydrogens is 547 g/mol. The van der Waals surface area contributed by atoms with Gasteiger partial charge in [0.05, 0.1) is 10.6 Å². The number of pyridine rings is 1. The fourth-order valence-electron chi connectivity index (χ4n) is 5.09. The first kappa shape index (κ1) is 28.4. The van der Waals surface area contributed by atoms with Gasteiger partial charge in [0.2, 0.25) is 5.91 Å². The Bertz CT molecular complexity index is 1650. The number of fused-ring (bicyclic) bond motifs is 1. The van der Waals surface area contributed by atoms with Gasteiger partial charge < -0.3 is 9.88 Å². The van der Waals surface area contributed by atoms with Crippen molar-refractivity contribution in [2.75, 3.05) is 6.54 Å². The Labute approximate surface area is 241 Å². The second-order valence-electron chi connectivity index (χ2n) is 10.1. The van der Waals surface area contributed by atoms with Crippen molar-refractivity contribution in [1.82, 2.24) is 14.9 Å². The first-order valence-electron chi connectivity index (χ1n) is 13.4. The van der Waals surface area contributed by atoms with Gasteiger partial charge in [0.1, 0.15) is 0 Å². The molecule has 2 aromatic heterocycles. The highest BCUT2D eigenvalue weighted by atomic mass is 35.5. The maximum atomic E-state index is 13.8. The van der Waals surface area contributed by atoms with Crippen molar-refractivity contribution in [2.24, 2.45) is 0 Å². The zero-order valence-electron chi connectivity index (χ0n) is 22.5. The number of amides is 1. The Balaban J connectivity index is 1.51. The number of alkyl halides is 3. The van der Waals surface area contributed by atoms with Crippen molar-refractivity contribution < 1.29 is 18.0 Å². The van der Waals surface area contributed by atoms with Crippen molar-refractivity contribution in [3.05, 3.63) is 136 Å². The molecule has 2 heterocycles. The first-order valence-corrected chi connectivity index (χ1v) is 13.7. The van der Waals surface area contributed by atoms with Crippen molar-refractivity contribution >= 4 is 28.4 Å². The van der Waals surface area contributed by atoms with Crippen LogP contribution in [0.4, 0.5) is 13.2 Å². The number of hydrogen-bond acceptors (Lipinski definition) is 2. The van der Waals surface area contributed by atoms with Gasteiger partial charge in [0.15, 0.2) is 0 Å². The minimum atomic E-state index is -4.62. The van der Waals surface area contributed by atoms with Gasteiger partial charge in [-0.3, -0.25) is 9.78 Å². The van der Waals surface area contributed by atoms with Crippen LogP contribution >= 0.6 is 11.6 Å². The van der Waals surface area contributed by atoms with Crippen LogP contribution in [0.15, 0.2) is 97.3 Å². The Morgan fingerprint density at radius 3 is 2.49 bits per heavy atom. The number of aromatic nitrogens is 2. The third-order valence-corrected chi connectivity index (χ3v) is 7.52. The normalized spacial score (nSPS) is 12.4. The Hall–Kier alpha value is -4.10. The smallest absolute Gasteiger partial charge is 0.356 e. The van der Waals surface area contributed by atoms with Gasteiger partial charge >= 0.3 is 6.18 Å². The minimum Gasteiger partial charge on any atom is -0.356 e. The summed E-state index contributed by atoms with van der Waals surface area (Å²) in [5.74, 6) is -0.891. The molecule has 1 unspecified atom stereocenters. The summed E-state index contributed by atoms with van der Waals surface area (Å²) in [6.07, 6.45) is -0.454. The summed E-state index contributed by atoms with van der Waals surface area (Å²) in [4.78, 5) is 17.5. The lowest BCUT2D eigenvalue weighted by molar-refractivity contribution is -0.137. The summed E-state index contributed by atoms with van der Waals surface area (Å²) in [6.45, 7) is 2.98. The van der Waals surface area contributed by atoms with Gasteiger partial charge in [0, 0.05) is 60.8 Å². The lowest BCUT2D eigenvalue weighted by atomic mass is 9.87. The van der Waals surface area contributed by atoms with Crippen molar-refractivity contribution in [1.29, 1.82) is 0 Å². The van der Waals surface area contributed by atoms with Crippen LogP contribution in [0, 0.1) is 6.92 Å². The first-order chi connectivity index (χ1) is 19.7. The number of para-hydroxylation sites is 1. The summed E-state index contributed by atoms with van der Waals surface area (Å²) in [5, 5.41) is 3.43. The van der Waals surface area contributed by atoms with E-state index in [0.717, 1.165) is 39.4 Å². The van der Waals surface area contributed by atoms with Gasteiger partial charge in [-0.1, -0.05) is 71.8 Å². The molecule has 1 N–H and O–H groups in total. The number of carbonyl (C=O) groups is 1. The molecular formula is C33H29ClF3N3O. The number of benzene rings is 3. The summed E-state index contributed by atoms with van der Waals surface area (Å²) in [6, 6.07) is 25.5. The molecule has 5 aromatic rings. The van der Waals surface area contributed by atoms with Gasteiger partial charge in [-0.2, -0.15) is 13.2 Å². The summed E-state index contributed by atoms with van der Waals surface area (Å²) in [7, 11) is 0. The monoisotopic (exact) mass is 575 g/mol. The van der Waals surface area contributed by atoms with E-state index in [4.69, 9.17) is 11.6 Å². The second kappa shape index (κ2) is 12.2. The molecule has 3 aromatic carbocycles. The van der Waals surface area contributed by atoms with Crippen LogP contribution in [0.25, 0.3) is 10.9 Å². The molecule has 0 spiro atoms. The lowest BCUT2D eigenvalue weighted by Gasteiger charge is -2.19. The molecule has 4 nitrogen and oxygen atoms in total. The SMILES string of the molecule is Cc1ccc(Cn2cc(C(CC(=O)NCCc3ccccn3)c3ccc(Cl)c(C(F)(F)F)c3)c3ccccc32)cc1. The number of hydrogen-bond donors (Lipinski definition) is 1. The summed E-state index contributed by atoms with van der Waals surface area (Å²) < 4.78 is 43.6. The van der Waals surface area contributed by atoms with Crippen molar-refractivity contribution in [3.63, 3.8) is 0 Å². The highest BCUT2D eigenvalue weighted by molar-refractivity contribution is 6.31. The van der Waals surface area contributed by atoms with Gasteiger partial charge in [-0.05, 0) is 53.9 Å². The third-order valence-electron chi connectivity index (χ3n) is 7.19. The number of aryl methyl sites for hydroxylation is 1. The molecule has 0 saturated heterocycles. The largest absolute Gasteiger partial charge is 0.417 e. The second-order valence-corrected chi connectivity index (χ2v) is 10.5. The number of nitrogens with zero attached hydrogens (tertiary/aromatic N) is 2. The van der Waals surface area contributed by atoms with Gasteiger partial charge in [-0.15, -0.1) is 0 Å². The van der Waals surface area contributed by atoms with E-state index in [9.17, 15) is 18.0 Å². The molecule has 0 aliphatic heterocycles. The van der Waals surface area contributed by atoms with Crippen LogP contribution < -0.4 is 5.32 Å². The maximum absolute atomic E-state index is 13.8. The zero-order chi connectivity index (χ0) is 29.0. The van der Waals surface area contributed by atoms with E-state index in [1.54, 1.807) is 12.3 Å². The van der Waals surface area contributed by atoms with Crippen LogP contribution in [0.5, 0.6) is 0 Å². The van der Waals surface area contributed by atoms with Crippen LogP contribution in [-0.2, 0) is 23.9 Å². The van der Waals surface area contributed by atoms with Gasteiger partial charge in [0.25, 0.3) is 0 Å². The topological polar surface area (TPSA) is 46.9 Å². The summed E-state index contributed by atoms with van der Waals surface area (Å²) in [5.41, 5.74) is 4.27. The minimum absolute atomic E-state index is 0.0281. The van der Waals surface area contributed by atoms with Gasteiger partial charge in [-0.25, -0.2) is 0 Å². The van der Waals surface area contributed by atoms with E-state index < -0.39 is 17.7 Å². The maximum Gasteiger partial charge on any atom is 0.417 e. The Morgan fingerprint density at radius 2 is 1.76 bits per heavy atom. The highest BCUT2D eigenvalue weighted by Gasteiger charge is 2.34. The predicted octanol–water partition coefficient (Wildman–Crippen LogP) is 7.95. The average molecular weight is 576 g/mol. The molecule has 41 heavy (non-hydrogen) atoms. The van der Waals surface area contributed by atoms with E-state index in [1.165, 1.54) is 6.07 Å². The van der Waals surface area contributed by atoms with E-state index in [2.05, 4.69) is 27.0 Å². The molecule has 0 saturated carbocycles. The molecule has 1 atom stereocenters. The Morgan fingerprint density at radius 1 is 1.00 bits per heavy atom. The molecule has 5 rings (SSSR count). The van der Waals surface area contributed by atoms with E-state index >= 15 is 0 Å². The number of rotatable bonds is 9. The molecule has 0 radical (unpaired) electrons. The van der Waals surface area contributed by atoms with Crippen molar-refractivity contribution in [3.8, 4) is 0 Å². The highest BCUT2D eigenvalue weighted by Crippen LogP contribution is 2.40. The number of halogens is 4. The van der Waals surface area contributed by atoms with Crippen LogP contribution in [0.2, 0.25) is 5.02 Å². The number of nitrogens with one attached hydrogen (secondary N) is 1. The van der Waals surface area contributed by atoms with Crippen molar-refractivity contribution in [2.45, 2.75) is 38.4 Å².